The van der Waals surface area contributed by atoms with Crippen molar-refractivity contribution in [3.05, 3.63) is 16.6 Å². The summed E-state index contributed by atoms with van der Waals surface area (Å²) in [5, 5.41) is 2.95. The van der Waals surface area contributed by atoms with Gasteiger partial charge in [-0.05, 0) is 12.8 Å². The summed E-state index contributed by atoms with van der Waals surface area (Å²) in [4.78, 5) is 31.3. The smallest absolute Gasteiger partial charge is 0.249 e. The van der Waals surface area contributed by atoms with Crippen LogP contribution in [0.4, 0.5) is 0 Å². The molecule has 3 rings (SSSR count). The predicted molar refractivity (Wildman–Crippen MR) is 71.5 cm³/mol. The molecule has 1 saturated heterocycles. The van der Waals surface area contributed by atoms with E-state index in [0.29, 0.717) is 6.54 Å². The molecule has 0 aromatic carbocycles. The maximum atomic E-state index is 12.7. The second kappa shape index (κ2) is 4.92. The number of piperazine rings is 1. The zero-order valence-electron chi connectivity index (χ0n) is 10.7. The molecule has 0 atom stereocenters. The molecule has 102 valence electrons. The van der Waals surface area contributed by atoms with E-state index in [1.54, 1.807) is 16.6 Å². The van der Waals surface area contributed by atoms with Gasteiger partial charge in [0.1, 0.15) is 12.1 Å². The van der Waals surface area contributed by atoms with Gasteiger partial charge < -0.3 is 10.2 Å². The lowest BCUT2D eigenvalue weighted by atomic mass is 9.79. The molecular weight excluding hydrogens is 262 g/mol. The van der Waals surface area contributed by atoms with Gasteiger partial charge in [0.25, 0.3) is 0 Å². The third-order valence-electron chi connectivity index (χ3n) is 3.95. The van der Waals surface area contributed by atoms with Crippen LogP contribution in [0.1, 0.15) is 37.0 Å². The Morgan fingerprint density at radius 3 is 2.79 bits per heavy atom. The number of carbonyl (C=O) groups excluding carboxylic acids is 2. The molecule has 1 aliphatic heterocycles. The molecule has 1 aliphatic carbocycles. The quantitative estimate of drug-likeness (QED) is 0.887. The Balaban J connectivity index is 1.80. The van der Waals surface area contributed by atoms with Crippen LogP contribution in [-0.2, 0) is 16.1 Å². The molecule has 1 aromatic heterocycles. The number of amides is 2. The van der Waals surface area contributed by atoms with Crippen molar-refractivity contribution in [2.75, 3.05) is 6.54 Å². The predicted octanol–water partition coefficient (Wildman–Crippen LogP) is 1.30. The lowest BCUT2D eigenvalue weighted by Crippen LogP contribution is -2.66. The van der Waals surface area contributed by atoms with Gasteiger partial charge in [-0.3, -0.25) is 14.6 Å². The van der Waals surface area contributed by atoms with E-state index >= 15 is 0 Å². The van der Waals surface area contributed by atoms with Gasteiger partial charge in [-0.1, -0.05) is 19.3 Å². The van der Waals surface area contributed by atoms with Gasteiger partial charge >= 0.3 is 0 Å². The Hall–Kier alpha value is -1.43. The fourth-order valence-electron chi connectivity index (χ4n) is 3.04. The molecule has 2 aliphatic rings. The molecule has 0 bridgehead atoms. The maximum Gasteiger partial charge on any atom is 0.249 e. The Morgan fingerprint density at radius 2 is 2.11 bits per heavy atom. The van der Waals surface area contributed by atoms with E-state index in [9.17, 15) is 9.59 Å². The van der Waals surface area contributed by atoms with Crippen LogP contribution in [0.25, 0.3) is 0 Å². The molecule has 6 heteroatoms. The summed E-state index contributed by atoms with van der Waals surface area (Å²) in [6.07, 6.45) is 6.49. The first-order valence-corrected chi connectivity index (χ1v) is 7.55. The normalized spacial score (nSPS) is 22.6. The molecule has 2 heterocycles. The van der Waals surface area contributed by atoms with Crippen LogP contribution in [0.15, 0.2) is 11.7 Å². The Kier molecular flexibility index (Phi) is 3.26. The summed E-state index contributed by atoms with van der Waals surface area (Å²) in [5.74, 6) is 0.0474. The fraction of sp³-hybridized carbons (Fsp3) is 0.615. The van der Waals surface area contributed by atoms with E-state index in [1.807, 2.05) is 0 Å². The summed E-state index contributed by atoms with van der Waals surface area (Å²) in [5.41, 5.74) is 1.12. The second-order valence-corrected chi connectivity index (χ2v) is 6.29. The molecule has 0 radical (unpaired) electrons. The number of carbonyl (C=O) groups is 2. The van der Waals surface area contributed by atoms with Crippen molar-refractivity contribution in [2.45, 2.75) is 44.2 Å². The van der Waals surface area contributed by atoms with Crippen LogP contribution >= 0.6 is 11.3 Å². The van der Waals surface area contributed by atoms with Crippen molar-refractivity contribution in [1.29, 1.82) is 0 Å². The van der Waals surface area contributed by atoms with Crippen molar-refractivity contribution >= 4 is 23.2 Å². The lowest BCUT2D eigenvalue weighted by Gasteiger charge is -2.44. The Bertz CT molecular complexity index is 480. The Labute approximate surface area is 116 Å². The van der Waals surface area contributed by atoms with Crippen molar-refractivity contribution < 1.29 is 9.59 Å². The lowest BCUT2D eigenvalue weighted by molar-refractivity contribution is -0.152. The number of hydrogen-bond acceptors (Lipinski definition) is 4. The minimum Gasteiger partial charge on any atom is -0.340 e. The van der Waals surface area contributed by atoms with Gasteiger partial charge in [0.2, 0.25) is 11.8 Å². The number of nitrogens with zero attached hydrogens (tertiary/aromatic N) is 2. The number of aromatic nitrogens is 1. The summed E-state index contributed by atoms with van der Waals surface area (Å²) >= 11 is 1.52. The van der Waals surface area contributed by atoms with E-state index in [4.69, 9.17) is 0 Å². The van der Waals surface area contributed by atoms with E-state index in [2.05, 4.69) is 10.3 Å². The minimum atomic E-state index is -0.627. The van der Waals surface area contributed by atoms with Crippen LogP contribution in [0, 0.1) is 0 Å². The molecule has 1 N–H and O–H groups in total. The van der Waals surface area contributed by atoms with Gasteiger partial charge in [0.15, 0.2) is 0 Å². The van der Waals surface area contributed by atoms with Crippen LogP contribution in [0.3, 0.4) is 0 Å². The van der Waals surface area contributed by atoms with Crippen LogP contribution in [0.5, 0.6) is 0 Å². The van der Waals surface area contributed by atoms with E-state index < -0.39 is 5.54 Å². The summed E-state index contributed by atoms with van der Waals surface area (Å²) < 4.78 is 0. The van der Waals surface area contributed by atoms with Crippen LogP contribution < -0.4 is 5.32 Å². The molecule has 1 spiro atoms. The topological polar surface area (TPSA) is 62.3 Å². The van der Waals surface area contributed by atoms with Gasteiger partial charge in [-0.15, -0.1) is 11.3 Å². The SMILES string of the molecule is O=C1CN(Cc2cncs2)C(=O)C2(CCCCC2)N1. The highest BCUT2D eigenvalue weighted by Gasteiger charge is 2.46. The van der Waals surface area contributed by atoms with Crippen molar-refractivity contribution in [1.82, 2.24) is 15.2 Å². The van der Waals surface area contributed by atoms with E-state index in [0.717, 1.165) is 37.0 Å². The van der Waals surface area contributed by atoms with Crippen LogP contribution in [0.2, 0.25) is 0 Å². The van der Waals surface area contributed by atoms with E-state index in [1.165, 1.54) is 11.3 Å². The number of rotatable bonds is 2. The van der Waals surface area contributed by atoms with Gasteiger partial charge in [-0.2, -0.15) is 0 Å². The first kappa shape index (κ1) is 12.6. The standard InChI is InChI=1S/C13H17N3O2S/c17-11-8-16(7-10-6-14-9-19-10)12(18)13(15-11)4-2-1-3-5-13/h6,9H,1-5,7-8H2,(H,15,17). The zero-order chi connectivity index (χ0) is 13.3. The Morgan fingerprint density at radius 1 is 1.32 bits per heavy atom. The molecule has 1 aromatic rings. The highest BCUT2D eigenvalue weighted by Crippen LogP contribution is 2.32. The molecule has 5 nitrogen and oxygen atoms in total. The molecular formula is C13H17N3O2S. The minimum absolute atomic E-state index is 0.0361. The average molecular weight is 279 g/mol. The molecule has 1 saturated carbocycles. The number of nitrogens with one attached hydrogen (secondary N) is 1. The molecule has 2 amide bonds. The van der Waals surface area contributed by atoms with Crippen molar-refractivity contribution in [2.24, 2.45) is 0 Å². The zero-order valence-corrected chi connectivity index (χ0v) is 11.5. The molecule has 0 unspecified atom stereocenters. The summed E-state index contributed by atoms with van der Waals surface area (Å²) in [7, 11) is 0. The monoisotopic (exact) mass is 279 g/mol. The summed E-state index contributed by atoms with van der Waals surface area (Å²) in [6.45, 7) is 0.664. The third kappa shape index (κ3) is 2.36. The average Bonchev–Trinajstić information content (AvgIpc) is 2.89. The fourth-order valence-corrected chi connectivity index (χ4v) is 3.65. The molecule has 19 heavy (non-hydrogen) atoms. The van der Waals surface area contributed by atoms with Crippen molar-refractivity contribution in [3.8, 4) is 0 Å². The van der Waals surface area contributed by atoms with E-state index in [-0.39, 0.29) is 18.4 Å². The highest BCUT2D eigenvalue weighted by atomic mass is 32.1. The number of thiazole rings is 1. The third-order valence-corrected chi connectivity index (χ3v) is 4.71. The largest absolute Gasteiger partial charge is 0.340 e. The maximum absolute atomic E-state index is 12.7. The first-order valence-electron chi connectivity index (χ1n) is 6.67. The molecule has 2 fully saturated rings. The summed E-state index contributed by atoms with van der Waals surface area (Å²) in [6, 6.07) is 0. The van der Waals surface area contributed by atoms with Gasteiger partial charge in [0, 0.05) is 11.1 Å². The first-order chi connectivity index (χ1) is 9.20. The second-order valence-electron chi connectivity index (χ2n) is 5.32. The van der Waals surface area contributed by atoms with Crippen LogP contribution in [-0.4, -0.2) is 33.8 Å². The highest BCUT2D eigenvalue weighted by molar-refractivity contribution is 7.09. The van der Waals surface area contributed by atoms with Gasteiger partial charge in [0.05, 0.1) is 12.1 Å². The van der Waals surface area contributed by atoms with Gasteiger partial charge in [-0.25, -0.2) is 0 Å². The van der Waals surface area contributed by atoms with Crippen molar-refractivity contribution in [3.63, 3.8) is 0 Å². The number of hydrogen-bond donors (Lipinski definition) is 1.